The van der Waals surface area contributed by atoms with Gasteiger partial charge in [-0.25, -0.2) is 9.90 Å². The maximum absolute atomic E-state index is 11.6. The lowest BCUT2D eigenvalue weighted by Gasteiger charge is -2.43. The molecule has 4 heteroatoms. The van der Waals surface area contributed by atoms with E-state index in [0.29, 0.717) is 0 Å². The normalized spacial score (nSPS) is 25.0. The number of carbonyl (C=O) groups excluding carboxylic acids is 1. The van der Waals surface area contributed by atoms with Crippen LogP contribution in [0, 0.1) is 0 Å². The summed E-state index contributed by atoms with van der Waals surface area (Å²) in [6.45, 7) is 1.76. The Morgan fingerprint density at radius 2 is 1.93 bits per heavy atom. The average molecular weight is 207 g/mol. The van der Waals surface area contributed by atoms with Gasteiger partial charge in [-0.05, 0) is 24.6 Å². The van der Waals surface area contributed by atoms with Gasteiger partial charge < -0.3 is 4.74 Å². The molecule has 1 aliphatic rings. The maximum Gasteiger partial charge on any atom is 0.285 e. The van der Waals surface area contributed by atoms with E-state index in [4.69, 9.17) is 9.57 Å². The van der Waals surface area contributed by atoms with Crippen molar-refractivity contribution in [3.8, 4) is 5.75 Å². The summed E-state index contributed by atoms with van der Waals surface area (Å²) in [5.41, 5.74) is 0.00694. The summed E-state index contributed by atoms with van der Waals surface area (Å²) in [4.78, 5) is 16.9. The zero-order chi connectivity index (χ0) is 11.1. The highest BCUT2D eigenvalue weighted by atomic mass is 16.7. The van der Waals surface area contributed by atoms with Crippen LogP contribution in [-0.4, -0.2) is 25.1 Å². The molecule has 1 saturated heterocycles. The molecule has 0 spiro atoms. The van der Waals surface area contributed by atoms with Crippen LogP contribution in [-0.2, 0) is 15.2 Å². The first-order chi connectivity index (χ1) is 7.08. The van der Waals surface area contributed by atoms with Crippen LogP contribution in [0.4, 0.5) is 0 Å². The van der Waals surface area contributed by atoms with Gasteiger partial charge in [0.05, 0.1) is 7.11 Å². The van der Waals surface area contributed by atoms with Crippen molar-refractivity contribution in [1.82, 2.24) is 5.06 Å². The Morgan fingerprint density at radius 3 is 2.33 bits per heavy atom. The van der Waals surface area contributed by atoms with Crippen molar-refractivity contribution in [1.29, 1.82) is 0 Å². The molecule has 0 N–H and O–H groups in total. The molecule has 15 heavy (non-hydrogen) atoms. The van der Waals surface area contributed by atoms with Crippen LogP contribution in [0.5, 0.6) is 5.75 Å². The SMILES string of the molecule is COc1ccc(C2(C)ON(C)C2=O)cc1. The number of nitrogens with zero attached hydrogens (tertiary/aromatic N) is 1. The first-order valence-electron chi connectivity index (χ1n) is 4.70. The molecule has 0 bridgehead atoms. The number of hydroxylamine groups is 2. The van der Waals surface area contributed by atoms with Crippen LogP contribution in [0.15, 0.2) is 24.3 Å². The summed E-state index contributed by atoms with van der Waals surface area (Å²) in [5.74, 6) is 0.732. The van der Waals surface area contributed by atoms with E-state index in [1.807, 2.05) is 24.3 Å². The lowest BCUT2D eigenvalue weighted by molar-refractivity contribution is -0.298. The topological polar surface area (TPSA) is 38.8 Å². The minimum absolute atomic E-state index is 0.0346. The van der Waals surface area contributed by atoms with Crippen LogP contribution in [0.25, 0.3) is 0 Å². The third-order valence-electron chi connectivity index (χ3n) is 2.65. The number of hydrogen-bond donors (Lipinski definition) is 0. The zero-order valence-corrected chi connectivity index (χ0v) is 8.98. The average Bonchev–Trinajstić information content (AvgIpc) is 2.28. The van der Waals surface area contributed by atoms with Gasteiger partial charge in [0.15, 0.2) is 5.60 Å². The summed E-state index contributed by atoms with van der Waals surface area (Å²) in [5, 5.41) is 1.24. The van der Waals surface area contributed by atoms with Crippen molar-refractivity contribution in [3.05, 3.63) is 29.8 Å². The molecule has 4 nitrogen and oxygen atoms in total. The maximum atomic E-state index is 11.6. The molecule has 1 atom stereocenters. The second-order valence-corrected chi connectivity index (χ2v) is 3.66. The molecule has 1 fully saturated rings. The fourth-order valence-corrected chi connectivity index (χ4v) is 1.70. The van der Waals surface area contributed by atoms with Crippen molar-refractivity contribution in [2.24, 2.45) is 0 Å². The lowest BCUT2D eigenvalue weighted by atomic mass is 9.93. The van der Waals surface area contributed by atoms with Crippen LogP contribution < -0.4 is 4.74 Å². The number of amides is 1. The van der Waals surface area contributed by atoms with Gasteiger partial charge in [0.25, 0.3) is 5.91 Å². The minimum atomic E-state index is -0.832. The lowest BCUT2D eigenvalue weighted by Crippen LogP contribution is -2.58. The van der Waals surface area contributed by atoms with E-state index in [2.05, 4.69) is 0 Å². The Balaban J connectivity index is 2.27. The molecular weight excluding hydrogens is 194 g/mol. The minimum Gasteiger partial charge on any atom is -0.497 e. The van der Waals surface area contributed by atoms with Gasteiger partial charge in [-0.3, -0.25) is 4.79 Å². The Hall–Kier alpha value is -1.55. The van der Waals surface area contributed by atoms with E-state index in [9.17, 15) is 4.79 Å². The second-order valence-electron chi connectivity index (χ2n) is 3.66. The smallest absolute Gasteiger partial charge is 0.285 e. The van der Waals surface area contributed by atoms with Gasteiger partial charge in [0.2, 0.25) is 0 Å². The largest absolute Gasteiger partial charge is 0.497 e. The fraction of sp³-hybridized carbons (Fsp3) is 0.364. The number of rotatable bonds is 2. The van der Waals surface area contributed by atoms with E-state index in [1.165, 1.54) is 5.06 Å². The Labute approximate surface area is 88.4 Å². The number of benzene rings is 1. The molecule has 1 unspecified atom stereocenters. The highest BCUT2D eigenvalue weighted by Gasteiger charge is 2.50. The molecule has 1 aromatic carbocycles. The van der Waals surface area contributed by atoms with Gasteiger partial charge in [-0.1, -0.05) is 12.1 Å². The zero-order valence-electron chi connectivity index (χ0n) is 8.98. The summed E-state index contributed by atoms with van der Waals surface area (Å²) in [6.07, 6.45) is 0. The van der Waals surface area contributed by atoms with Crippen molar-refractivity contribution >= 4 is 5.91 Å². The Kier molecular flexibility index (Phi) is 2.16. The molecule has 0 aliphatic carbocycles. The van der Waals surface area contributed by atoms with E-state index >= 15 is 0 Å². The van der Waals surface area contributed by atoms with Gasteiger partial charge in [0.1, 0.15) is 5.75 Å². The van der Waals surface area contributed by atoms with Crippen LogP contribution in [0.3, 0.4) is 0 Å². The summed E-state index contributed by atoms with van der Waals surface area (Å²) < 4.78 is 5.05. The monoisotopic (exact) mass is 207 g/mol. The Morgan fingerprint density at radius 1 is 1.33 bits per heavy atom. The number of ether oxygens (including phenoxy) is 1. The van der Waals surface area contributed by atoms with Crippen molar-refractivity contribution in [2.75, 3.05) is 14.2 Å². The summed E-state index contributed by atoms with van der Waals surface area (Å²) in [6, 6.07) is 7.30. The molecule has 0 radical (unpaired) electrons. The first kappa shape index (κ1) is 9.98. The predicted molar refractivity (Wildman–Crippen MR) is 54.2 cm³/mol. The standard InChI is InChI=1S/C11H13NO3/c1-11(10(13)12(2)15-11)8-4-6-9(14-3)7-5-8/h4-7H,1-3H3. The fourth-order valence-electron chi connectivity index (χ4n) is 1.70. The highest BCUT2D eigenvalue weighted by molar-refractivity contribution is 5.89. The van der Waals surface area contributed by atoms with E-state index < -0.39 is 5.60 Å². The number of carbonyl (C=O) groups is 1. The van der Waals surface area contributed by atoms with E-state index in [1.54, 1.807) is 21.1 Å². The molecule has 0 saturated carbocycles. The molecule has 1 aliphatic heterocycles. The van der Waals surface area contributed by atoms with Crippen LogP contribution in [0.1, 0.15) is 12.5 Å². The molecule has 1 heterocycles. The molecule has 2 rings (SSSR count). The van der Waals surface area contributed by atoms with Crippen molar-refractivity contribution < 1.29 is 14.4 Å². The van der Waals surface area contributed by atoms with E-state index in [-0.39, 0.29) is 5.91 Å². The number of hydrogen-bond acceptors (Lipinski definition) is 3. The first-order valence-corrected chi connectivity index (χ1v) is 4.70. The van der Waals surface area contributed by atoms with E-state index in [0.717, 1.165) is 11.3 Å². The van der Waals surface area contributed by atoms with Gasteiger partial charge in [-0.15, -0.1) is 0 Å². The summed E-state index contributed by atoms with van der Waals surface area (Å²) >= 11 is 0. The molecule has 1 aromatic rings. The third kappa shape index (κ3) is 1.37. The predicted octanol–water partition coefficient (Wildman–Crippen LogP) is 1.31. The third-order valence-corrected chi connectivity index (χ3v) is 2.65. The number of likely N-dealkylation sites (N-methyl/N-ethyl adjacent to an activating group) is 1. The van der Waals surface area contributed by atoms with Gasteiger partial charge in [0, 0.05) is 7.05 Å². The molecule has 1 amide bonds. The molecule has 80 valence electrons. The molecular formula is C11H13NO3. The highest BCUT2D eigenvalue weighted by Crippen LogP contribution is 2.36. The quantitative estimate of drug-likeness (QED) is 0.734. The molecule has 0 aromatic heterocycles. The summed E-state index contributed by atoms with van der Waals surface area (Å²) in [7, 11) is 3.21. The number of methoxy groups -OCH3 is 1. The van der Waals surface area contributed by atoms with Crippen molar-refractivity contribution in [3.63, 3.8) is 0 Å². The van der Waals surface area contributed by atoms with Crippen LogP contribution >= 0.6 is 0 Å². The Bertz CT molecular complexity index is 387. The van der Waals surface area contributed by atoms with Gasteiger partial charge in [-0.2, -0.15) is 0 Å². The second kappa shape index (κ2) is 3.24. The van der Waals surface area contributed by atoms with Crippen LogP contribution in [0.2, 0.25) is 0 Å². The van der Waals surface area contributed by atoms with Crippen molar-refractivity contribution in [2.45, 2.75) is 12.5 Å². The van der Waals surface area contributed by atoms with Gasteiger partial charge >= 0.3 is 0 Å².